The highest BCUT2D eigenvalue weighted by molar-refractivity contribution is 9.10. The van der Waals surface area contributed by atoms with E-state index >= 15 is 0 Å². The van der Waals surface area contributed by atoms with Crippen molar-refractivity contribution in [2.24, 2.45) is 5.92 Å². The number of carbonyl (C=O) groups excluding carboxylic acids is 2. The molecule has 10 heteroatoms. The van der Waals surface area contributed by atoms with Crippen molar-refractivity contribution in [3.05, 3.63) is 40.8 Å². The first-order valence-corrected chi connectivity index (χ1v) is 11.3. The van der Waals surface area contributed by atoms with Crippen LogP contribution in [0.2, 0.25) is 0 Å². The van der Waals surface area contributed by atoms with Gasteiger partial charge in [0.2, 0.25) is 5.91 Å². The molecule has 0 radical (unpaired) electrons. The molecule has 2 saturated heterocycles. The molecular formula is C22H27BrN4O5. The van der Waals surface area contributed by atoms with Gasteiger partial charge >= 0.3 is 6.09 Å². The molecule has 1 aromatic carbocycles. The molecule has 2 aliphatic rings. The summed E-state index contributed by atoms with van der Waals surface area (Å²) in [6, 6.07) is 6.76. The number of aromatic nitrogens is 2. The molecule has 4 rings (SSSR count). The summed E-state index contributed by atoms with van der Waals surface area (Å²) in [7, 11) is 1.28. The molecule has 32 heavy (non-hydrogen) atoms. The normalized spacial score (nSPS) is 20.7. The van der Waals surface area contributed by atoms with Gasteiger partial charge in [0.05, 0.1) is 44.8 Å². The number of alkyl carbamates (subject to hydrolysis) is 1. The summed E-state index contributed by atoms with van der Waals surface area (Å²) in [5.41, 5.74) is 1.83. The van der Waals surface area contributed by atoms with E-state index in [4.69, 9.17) is 14.2 Å². The summed E-state index contributed by atoms with van der Waals surface area (Å²) < 4.78 is 17.5. The second-order valence-corrected chi connectivity index (χ2v) is 9.26. The van der Waals surface area contributed by atoms with Gasteiger partial charge in [0.15, 0.2) is 5.79 Å². The van der Waals surface area contributed by atoms with Crippen molar-refractivity contribution in [3.8, 4) is 11.3 Å². The minimum absolute atomic E-state index is 0.140. The van der Waals surface area contributed by atoms with E-state index in [0.29, 0.717) is 25.5 Å². The van der Waals surface area contributed by atoms with Gasteiger partial charge in [-0.2, -0.15) is 0 Å². The van der Waals surface area contributed by atoms with E-state index in [1.165, 1.54) is 7.11 Å². The average Bonchev–Trinajstić information content (AvgIpc) is 3.52. The van der Waals surface area contributed by atoms with Crippen LogP contribution in [0.15, 0.2) is 34.9 Å². The predicted octanol–water partition coefficient (Wildman–Crippen LogP) is 3.24. The molecule has 2 aliphatic heterocycles. The summed E-state index contributed by atoms with van der Waals surface area (Å²) in [5, 5.41) is 2.66. The van der Waals surface area contributed by atoms with Crippen LogP contribution in [0.1, 0.15) is 32.1 Å². The van der Waals surface area contributed by atoms with Crippen molar-refractivity contribution in [3.63, 3.8) is 0 Å². The molecule has 1 aromatic heterocycles. The molecule has 2 amide bonds. The Bertz CT molecular complexity index is 971. The standard InChI is InChI=1S/C22H27BrN4O5/c1-13(2)18(26-21(29)30-3)20(28)27-12-22(31-8-9-32-22)10-17(27)19-24-11-16(25-19)14-4-6-15(23)7-5-14/h4-7,11,13,17-18H,8-10,12H2,1-3H3,(H,24,25)(H,26,29)/t17-,18?/m0/s1. The Hall–Kier alpha value is -2.43. The number of rotatable bonds is 5. The van der Waals surface area contributed by atoms with E-state index in [9.17, 15) is 9.59 Å². The number of nitrogens with one attached hydrogen (secondary N) is 2. The van der Waals surface area contributed by atoms with Gasteiger partial charge in [0.25, 0.3) is 0 Å². The number of carbonyl (C=O) groups is 2. The highest BCUT2D eigenvalue weighted by Gasteiger charge is 2.52. The lowest BCUT2D eigenvalue weighted by atomic mass is 10.0. The lowest BCUT2D eigenvalue weighted by Crippen LogP contribution is -2.52. The van der Waals surface area contributed by atoms with Crippen LogP contribution >= 0.6 is 15.9 Å². The predicted molar refractivity (Wildman–Crippen MR) is 120 cm³/mol. The maximum absolute atomic E-state index is 13.6. The van der Waals surface area contributed by atoms with Gasteiger partial charge in [-0.3, -0.25) is 4.79 Å². The summed E-state index contributed by atoms with van der Waals surface area (Å²) in [6.45, 7) is 4.97. The van der Waals surface area contributed by atoms with Crippen LogP contribution < -0.4 is 5.32 Å². The lowest BCUT2D eigenvalue weighted by molar-refractivity contribution is -0.153. The van der Waals surface area contributed by atoms with Gasteiger partial charge in [0, 0.05) is 10.9 Å². The highest BCUT2D eigenvalue weighted by Crippen LogP contribution is 2.42. The summed E-state index contributed by atoms with van der Waals surface area (Å²) in [6.07, 6.45) is 1.57. The number of methoxy groups -OCH3 is 1. The third-order valence-corrected chi connectivity index (χ3v) is 6.37. The fourth-order valence-electron chi connectivity index (χ4n) is 4.18. The molecule has 0 aliphatic carbocycles. The lowest BCUT2D eigenvalue weighted by Gasteiger charge is -2.30. The number of hydrogen-bond donors (Lipinski definition) is 2. The summed E-state index contributed by atoms with van der Waals surface area (Å²) in [4.78, 5) is 35.1. The second-order valence-electron chi connectivity index (χ2n) is 8.34. The number of nitrogens with zero attached hydrogens (tertiary/aromatic N) is 2. The second kappa shape index (κ2) is 9.21. The van der Waals surface area contributed by atoms with E-state index in [2.05, 4.69) is 31.2 Å². The Labute approximate surface area is 194 Å². The molecule has 3 heterocycles. The highest BCUT2D eigenvalue weighted by atomic mass is 79.9. The van der Waals surface area contributed by atoms with Crippen LogP contribution in [-0.4, -0.2) is 65.6 Å². The van der Waals surface area contributed by atoms with Gasteiger partial charge in [-0.15, -0.1) is 0 Å². The van der Waals surface area contributed by atoms with Gasteiger partial charge in [-0.05, 0) is 23.6 Å². The molecule has 2 fully saturated rings. The fourth-order valence-corrected chi connectivity index (χ4v) is 4.45. The maximum atomic E-state index is 13.6. The molecule has 1 unspecified atom stereocenters. The van der Waals surface area contributed by atoms with Crippen molar-refractivity contribution in [2.75, 3.05) is 26.9 Å². The Morgan fingerprint density at radius 3 is 2.59 bits per heavy atom. The maximum Gasteiger partial charge on any atom is 0.407 e. The van der Waals surface area contributed by atoms with Crippen LogP contribution in [-0.2, 0) is 19.0 Å². The van der Waals surface area contributed by atoms with E-state index in [1.54, 1.807) is 11.1 Å². The van der Waals surface area contributed by atoms with Crippen LogP contribution in [0.25, 0.3) is 11.3 Å². The number of ether oxygens (including phenoxy) is 3. The minimum Gasteiger partial charge on any atom is -0.453 e. The van der Waals surface area contributed by atoms with Gasteiger partial charge in [-0.1, -0.05) is 41.9 Å². The molecule has 0 bridgehead atoms. The Balaban J connectivity index is 1.63. The zero-order valence-electron chi connectivity index (χ0n) is 18.3. The SMILES string of the molecule is COC(=O)NC(C(=O)N1CC2(C[C@H]1c1ncc(-c3ccc(Br)cc3)[nH]1)OCCO2)C(C)C. The molecule has 172 valence electrons. The number of hydrogen-bond acceptors (Lipinski definition) is 6. The van der Waals surface area contributed by atoms with E-state index in [1.807, 2.05) is 38.1 Å². The first-order valence-electron chi connectivity index (χ1n) is 10.6. The average molecular weight is 507 g/mol. The molecule has 2 aromatic rings. The quantitative estimate of drug-likeness (QED) is 0.644. The minimum atomic E-state index is -0.863. The van der Waals surface area contributed by atoms with Gasteiger partial charge in [-0.25, -0.2) is 9.78 Å². The monoisotopic (exact) mass is 506 g/mol. The van der Waals surface area contributed by atoms with Crippen LogP contribution in [0, 0.1) is 5.92 Å². The smallest absolute Gasteiger partial charge is 0.407 e. The third-order valence-electron chi connectivity index (χ3n) is 5.85. The number of likely N-dealkylation sites (tertiary alicyclic amines) is 1. The molecule has 1 spiro atoms. The number of aromatic amines is 1. The number of amides is 2. The van der Waals surface area contributed by atoms with Crippen LogP contribution in [0.5, 0.6) is 0 Å². The van der Waals surface area contributed by atoms with Crippen LogP contribution in [0.3, 0.4) is 0 Å². The molecule has 2 atom stereocenters. The third kappa shape index (κ3) is 4.53. The van der Waals surface area contributed by atoms with E-state index in [0.717, 1.165) is 15.7 Å². The van der Waals surface area contributed by atoms with Gasteiger partial charge < -0.3 is 29.4 Å². The zero-order valence-corrected chi connectivity index (χ0v) is 19.8. The molecular weight excluding hydrogens is 480 g/mol. The summed E-state index contributed by atoms with van der Waals surface area (Å²) in [5.74, 6) is -0.586. The van der Waals surface area contributed by atoms with Crippen molar-refractivity contribution in [1.82, 2.24) is 20.2 Å². The Kier molecular flexibility index (Phi) is 6.55. The molecule has 0 saturated carbocycles. The Morgan fingerprint density at radius 1 is 1.28 bits per heavy atom. The van der Waals surface area contributed by atoms with E-state index < -0.39 is 17.9 Å². The van der Waals surface area contributed by atoms with Crippen LogP contribution in [0.4, 0.5) is 4.79 Å². The topological polar surface area (TPSA) is 106 Å². The Morgan fingerprint density at radius 2 is 1.97 bits per heavy atom. The summed E-state index contributed by atoms with van der Waals surface area (Å²) >= 11 is 3.45. The van der Waals surface area contributed by atoms with E-state index in [-0.39, 0.29) is 24.4 Å². The first kappa shape index (κ1) is 22.8. The largest absolute Gasteiger partial charge is 0.453 e. The molecule has 9 nitrogen and oxygen atoms in total. The number of imidazole rings is 1. The van der Waals surface area contributed by atoms with Crippen molar-refractivity contribution >= 4 is 27.9 Å². The van der Waals surface area contributed by atoms with Gasteiger partial charge in [0.1, 0.15) is 11.9 Å². The number of halogens is 1. The zero-order chi connectivity index (χ0) is 22.9. The number of benzene rings is 1. The fraction of sp³-hybridized carbons (Fsp3) is 0.500. The van der Waals surface area contributed by atoms with Crippen molar-refractivity contribution in [2.45, 2.75) is 38.1 Å². The first-order chi connectivity index (χ1) is 15.3. The van der Waals surface area contributed by atoms with Crippen molar-refractivity contribution in [1.29, 1.82) is 0 Å². The van der Waals surface area contributed by atoms with Crippen molar-refractivity contribution < 1.29 is 23.8 Å². The molecule has 2 N–H and O–H groups in total. The number of H-pyrrole nitrogens is 1.